The van der Waals surface area contributed by atoms with Gasteiger partial charge in [-0.15, -0.1) is 6.58 Å². The van der Waals surface area contributed by atoms with Gasteiger partial charge in [-0.3, -0.25) is 9.52 Å². The molecule has 2 aromatic rings. The Morgan fingerprint density at radius 1 is 1.21 bits per heavy atom. The lowest BCUT2D eigenvalue weighted by molar-refractivity contribution is 0.0958. The van der Waals surface area contributed by atoms with E-state index in [-0.39, 0.29) is 28.3 Å². The summed E-state index contributed by atoms with van der Waals surface area (Å²) in [5, 5.41) is 11.6. The second kappa shape index (κ2) is 7.44. The van der Waals surface area contributed by atoms with Crippen LogP contribution in [0.5, 0.6) is 0 Å². The number of nitrogens with one attached hydrogen (secondary N) is 2. The molecule has 0 bridgehead atoms. The number of amides is 1. The molecule has 1 amide bonds. The van der Waals surface area contributed by atoms with Crippen molar-refractivity contribution in [1.82, 2.24) is 5.32 Å². The van der Waals surface area contributed by atoms with Crippen LogP contribution in [0.3, 0.4) is 0 Å². The van der Waals surface area contributed by atoms with E-state index < -0.39 is 15.9 Å². The van der Waals surface area contributed by atoms with Crippen molar-refractivity contribution in [3.8, 4) is 6.07 Å². The molecule has 24 heavy (non-hydrogen) atoms. The molecule has 7 heteroatoms. The van der Waals surface area contributed by atoms with E-state index in [4.69, 9.17) is 5.26 Å². The Hall–Kier alpha value is -3.11. The minimum Gasteiger partial charge on any atom is -0.349 e. The summed E-state index contributed by atoms with van der Waals surface area (Å²) >= 11 is 0. The minimum absolute atomic E-state index is 0.0681. The van der Waals surface area contributed by atoms with Crippen molar-refractivity contribution in [3.05, 3.63) is 72.3 Å². The zero-order valence-electron chi connectivity index (χ0n) is 12.7. The number of sulfonamides is 1. The molecular formula is C17H15N3O3S. The minimum atomic E-state index is -3.92. The molecule has 0 heterocycles. The van der Waals surface area contributed by atoms with Gasteiger partial charge in [0.1, 0.15) is 6.07 Å². The third kappa shape index (κ3) is 4.00. The van der Waals surface area contributed by atoms with Gasteiger partial charge in [-0.25, -0.2) is 8.42 Å². The highest BCUT2D eigenvalue weighted by Crippen LogP contribution is 2.20. The molecule has 2 aromatic carbocycles. The normalized spacial score (nSPS) is 10.5. The number of nitrogens with zero attached hydrogens (tertiary/aromatic N) is 1. The summed E-state index contributed by atoms with van der Waals surface area (Å²) in [4.78, 5) is 11.9. The van der Waals surface area contributed by atoms with Gasteiger partial charge in [0.05, 0.1) is 16.1 Å². The second-order valence-corrected chi connectivity index (χ2v) is 6.47. The summed E-state index contributed by atoms with van der Waals surface area (Å²) in [5.41, 5.74) is 0.607. The fourth-order valence-corrected chi connectivity index (χ4v) is 3.07. The molecule has 122 valence electrons. The number of anilines is 1. The zero-order chi connectivity index (χ0) is 17.6. The number of nitriles is 1. The molecule has 0 unspecified atom stereocenters. The lowest BCUT2D eigenvalue weighted by Crippen LogP contribution is -2.23. The van der Waals surface area contributed by atoms with Crippen LogP contribution in [-0.2, 0) is 10.0 Å². The predicted molar refractivity (Wildman–Crippen MR) is 90.9 cm³/mol. The monoisotopic (exact) mass is 341 g/mol. The lowest BCUT2D eigenvalue weighted by atomic mass is 10.2. The maximum Gasteiger partial charge on any atom is 0.261 e. The molecule has 0 aliphatic heterocycles. The Bertz CT molecular complexity index is 915. The number of carbonyl (C=O) groups is 1. The van der Waals surface area contributed by atoms with E-state index in [2.05, 4.69) is 16.6 Å². The smallest absolute Gasteiger partial charge is 0.261 e. The van der Waals surface area contributed by atoms with Crippen LogP contribution in [0.4, 0.5) is 5.69 Å². The Balaban J connectivity index is 2.31. The van der Waals surface area contributed by atoms with E-state index >= 15 is 0 Å². The molecular weight excluding hydrogens is 326 g/mol. The highest BCUT2D eigenvalue weighted by Gasteiger charge is 2.17. The fourth-order valence-electron chi connectivity index (χ4n) is 1.94. The van der Waals surface area contributed by atoms with Crippen LogP contribution in [0, 0.1) is 11.3 Å². The number of para-hydroxylation sites is 1. The van der Waals surface area contributed by atoms with Gasteiger partial charge in [-0.1, -0.05) is 24.3 Å². The lowest BCUT2D eigenvalue weighted by Gasteiger charge is -2.10. The highest BCUT2D eigenvalue weighted by atomic mass is 32.2. The van der Waals surface area contributed by atoms with Crippen LogP contribution in [-0.4, -0.2) is 20.9 Å². The van der Waals surface area contributed by atoms with Crippen molar-refractivity contribution >= 4 is 21.6 Å². The third-order valence-corrected chi connectivity index (χ3v) is 4.47. The molecule has 0 saturated heterocycles. The van der Waals surface area contributed by atoms with Gasteiger partial charge >= 0.3 is 0 Å². The van der Waals surface area contributed by atoms with Crippen molar-refractivity contribution in [3.63, 3.8) is 0 Å². The summed E-state index contributed by atoms with van der Waals surface area (Å²) in [6.45, 7) is 3.78. The molecule has 0 aromatic heterocycles. The van der Waals surface area contributed by atoms with Gasteiger partial charge in [0.25, 0.3) is 15.9 Å². The van der Waals surface area contributed by atoms with Crippen molar-refractivity contribution < 1.29 is 13.2 Å². The molecule has 0 radical (unpaired) electrons. The van der Waals surface area contributed by atoms with Crippen LogP contribution in [0.15, 0.2) is 66.1 Å². The van der Waals surface area contributed by atoms with E-state index in [1.807, 2.05) is 6.07 Å². The Kier molecular flexibility index (Phi) is 5.35. The van der Waals surface area contributed by atoms with E-state index in [0.29, 0.717) is 0 Å². The second-order valence-electron chi connectivity index (χ2n) is 4.79. The summed E-state index contributed by atoms with van der Waals surface area (Å²) in [6, 6.07) is 13.8. The van der Waals surface area contributed by atoms with Gasteiger partial charge in [-0.05, 0) is 30.3 Å². The largest absolute Gasteiger partial charge is 0.349 e. The molecule has 0 aliphatic rings. The zero-order valence-corrected chi connectivity index (χ0v) is 13.5. The first kappa shape index (κ1) is 17.2. The van der Waals surface area contributed by atoms with Gasteiger partial charge in [0.15, 0.2) is 0 Å². The van der Waals surface area contributed by atoms with Crippen LogP contribution in [0.2, 0.25) is 0 Å². The first-order valence-corrected chi connectivity index (χ1v) is 8.47. The van der Waals surface area contributed by atoms with Gasteiger partial charge in [0.2, 0.25) is 0 Å². The van der Waals surface area contributed by atoms with E-state index in [1.165, 1.54) is 42.5 Å². The van der Waals surface area contributed by atoms with Crippen LogP contribution < -0.4 is 10.0 Å². The Morgan fingerprint density at radius 3 is 2.67 bits per heavy atom. The number of carbonyl (C=O) groups excluding carboxylic acids is 1. The van der Waals surface area contributed by atoms with Crippen LogP contribution >= 0.6 is 0 Å². The standard InChI is InChI=1S/C17H15N3O3S/c1-2-10-19-17(21)13-7-5-8-15(11-13)24(22,23)20-16-9-4-3-6-14(16)12-18/h2-9,11,20H,1,10H2,(H,19,21). The van der Waals surface area contributed by atoms with Gasteiger partial charge in [0, 0.05) is 12.1 Å². The average molecular weight is 341 g/mol. The van der Waals surface area contributed by atoms with Gasteiger partial charge in [-0.2, -0.15) is 5.26 Å². The summed E-state index contributed by atoms with van der Waals surface area (Å²) < 4.78 is 27.3. The Morgan fingerprint density at radius 2 is 1.96 bits per heavy atom. The summed E-state index contributed by atoms with van der Waals surface area (Å²) in [7, 11) is -3.92. The molecule has 6 nitrogen and oxygen atoms in total. The molecule has 0 fully saturated rings. The maximum absolute atomic E-state index is 12.5. The van der Waals surface area contributed by atoms with Crippen molar-refractivity contribution in [2.24, 2.45) is 0 Å². The average Bonchev–Trinajstić information content (AvgIpc) is 2.60. The number of hydrogen-bond acceptors (Lipinski definition) is 4. The quantitative estimate of drug-likeness (QED) is 0.787. The summed E-state index contributed by atoms with van der Waals surface area (Å²) in [6.07, 6.45) is 1.53. The SMILES string of the molecule is C=CCNC(=O)c1cccc(S(=O)(=O)Nc2ccccc2C#N)c1. The number of rotatable bonds is 6. The van der Waals surface area contributed by atoms with E-state index in [1.54, 1.807) is 12.1 Å². The maximum atomic E-state index is 12.5. The van der Waals surface area contributed by atoms with Crippen LogP contribution in [0.1, 0.15) is 15.9 Å². The molecule has 0 atom stereocenters. The topological polar surface area (TPSA) is 99.1 Å². The fraction of sp³-hybridized carbons (Fsp3) is 0.0588. The molecule has 0 spiro atoms. The van der Waals surface area contributed by atoms with Crippen molar-refractivity contribution in [2.75, 3.05) is 11.3 Å². The van der Waals surface area contributed by atoms with E-state index in [0.717, 1.165) is 0 Å². The van der Waals surface area contributed by atoms with Gasteiger partial charge < -0.3 is 5.32 Å². The Labute approximate surface area is 140 Å². The first-order valence-electron chi connectivity index (χ1n) is 6.99. The van der Waals surface area contributed by atoms with Crippen molar-refractivity contribution in [1.29, 1.82) is 5.26 Å². The first-order chi connectivity index (χ1) is 11.5. The predicted octanol–water partition coefficient (Wildman–Crippen LogP) is 2.27. The number of hydrogen-bond donors (Lipinski definition) is 2. The molecule has 0 aliphatic carbocycles. The molecule has 2 N–H and O–H groups in total. The number of benzene rings is 2. The summed E-state index contributed by atoms with van der Waals surface area (Å²) in [5.74, 6) is -0.399. The van der Waals surface area contributed by atoms with Crippen LogP contribution in [0.25, 0.3) is 0 Å². The third-order valence-electron chi connectivity index (χ3n) is 3.11. The molecule has 2 rings (SSSR count). The van der Waals surface area contributed by atoms with E-state index in [9.17, 15) is 13.2 Å². The van der Waals surface area contributed by atoms with Crippen molar-refractivity contribution in [2.45, 2.75) is 4.90 Å². The molecule has 0 saturated carbocycles. The highest BCUT2D eigenvalue weighted by molar-refractivity contribution is 7.92.